The molecule has 1 atom stereocenters. The van der Waals surface area contributed by atoms with E-state index in [2.05, 4.69) is 15.3 Å². The van der Waals surface area contributed by atoms with Gasteiger partial charge in [-0.2, -0.15) is 0 Å². The number of nitrogens with zero attached hydrogens (tertiary/aromatic N) is 2. The minimum Gasteiger partial charge on any atom is -0.459 e. The zero-order chi connectivity index (χ0) is 16.8. The van der Waals surface area contributed by atoms with Gasteiger partial charge in [-0.05, 0) is 37.0 Å². The molecule has 24 heavy (non-hydrogen) atoms. The quantitative estimate of drug-likeness (QED) is 0.817. The van der Waals surface area contributed by atoms with Gasteiger partial charge in [-0.15, -0.1) is 0 Å². The predicted molar refractivity (Wildman–Crippen MR) is 88.0 cm³/mol. The molecule has 1 aliphatic heterocycles. The lowest BCUT2D eigenvalue weighted by Gasteiger charge is -2.32. The Hall–Kier alpha value is -2.83. The number of likely N-dealkylation sites (tertiary alicyclic amines) is 1. The topological polar surface area (TPSA) is 91.2 Å². The van der Waals surface area contributed by atoms with E-state index in [1.165, 1.54) is 6.26 Å². The molecule has 2 N–H and O–H groups in total. The Morgan fingerprint density at radius 3 is 3.17 bits per heavy atom. The molecule has 7 heteroatoms. The van der Waals surface area contributed by atoms with Crippen LogP contribution in [0.3, 0.4) is 0 Å². The molecule has 1 saturated heterocycles. The van der Waals surface area contributed by atoms with Crippen LogP contribution in [0.2, 0.25) is 0 Å². The summed E-state index contributed by atoms with van der Waals surface area (Å²) < 4.78 is 5.07. The standard InChI is InChI=1S/C17H20N4O3/c22-16(6-5-14-10-18-12-20-14)21-7-1-3-13(11-21)9-19-17(23)15-4-2-8-24-15/h2,4-6,8,10,12-13H,1,3,7,9,11H2,(H,18,20)(H,19,23)/b6-5+. The second kappa shape index (κ2) is 7.63. The maximum absolute atomic E-state index is 12.3. The number of amides is 2. The summed E-state index contributed by atoms with van der Waals surface area (Å²) in [7, 11) is 0. The van der Waals surface area contributed by atoms with Crippen molar-refractivity contribution in [2.24, 2.45) is 5.92 Å². The van der Waals surface area contributed by atoms with Crippen molar-refractivity contribution < 1.29 is 14.0 Å². The fourth-order valence-electron chi connectivity index (χ4n) is 2.79. The number of carbonyl (C=O) groups excluding carboxylic acids is 2. The van der Waals surface area contributed by atoms with Gasteiger partial charge >= 0.3 is 0 Å². The first-order valence-electron chi connectivity index (χ1n) is 7.99. The van der Waals surface area contributed by atoms with Gasteiger partial charge in [0.2, 0.25) is 5.91 Å². The third-order valence-electron chi connectivity index (χ3n) is 4.05. The van der Waals surface area contributed by atoms with Crippen LogP contribution in [0.5, 0.6) is 0 Å². The van der Waals surface area contributed by atoms with Crippen LogP contribution in [0.1, 0.15) is 29.1 Å². The molecule has 2 aromatic heterocycles. The number of aromatic nitrogens is 2. The number of furan rings is 1. The predicted octanol–water partition coefficient (Wildman–Crippen LogP) is 1.68. The van der Waals surface area contributed by atoms with Gasteiger partial charge in [-0.3, -0.25) is 9.59 Å². The first-order valence-corrected chi connectivity index (χ1v) is 7.99. The van der Waals surface area contributed by atoms with Crippen LogP contribution in [0.15, 0.2) is 41.4 Å². The molecular weight excluding hydrogens is 308 g/mol. The van der Waals surface area contributed by atoms with Gasteiger partial charge in [0.05, 0.1) is 24.5 Å². The number of carbonyl (C=O) groups is 2. The van der Waals surface area contributed by atoms with Crippen molar-refractivity contribution in [1.82, 2.24) is 20.2 Å². The summed E-state index contributed by atoms with van der Waals surface area (Å²) in [5.74, 6) is 0.317. The molecular formula is C17H20N4O3. The Morgan fingerprint density at radius 1 is 1.50 bits per heavy atom. The van der Waals surface area contributed by atoms with Gasteiger partial charge in [0.1, 0.15) is 0 Å². The molecule has 0 aliphatic carbocycles. The van der Waals surface area contributed by atoms with Gasteiger partial charge in [-0.1, -0.05) is 0 Å². The number of nitrogens with one attached hydrogen (secondary N) is 2. The first-order chi connectivity index (χ1) is 11.7. The molecule has 3 rings (SSSR count). The van der Waals surface area contributed by atoms with Crippen LogP contribution in [0.4, 0.5) is 0 Å². The number of hydrogen-bond acceptors (Lipinski definition) is 4. The van der Waals surface area contributed by atoms with Gasteiger partial charge in [0, 0.05) is 25.7 Å². The van der Waals surface area contributed by atoms with E-state index < -0.39 is 0 Å². The second-order valence-electron chi connectivity index (χ2n) is 5.82. The molecule has 1 fully saturated rings. The molecule has 7 nitrogen and oxygen atoms in total. The smallest absolute Gasteiger partial charge is 0.286 e. The van der Waals surface area contributed by atoms with E-state index in [0.29, 0.717) is 18.8 Å². The number of hydrogen-bond donors (Lipinski definition) is 2. The summed E-state index contributed by atoms with van der Waals surface area (Å²) in [6.07, 6.45) is 9.91. The fraction of sp³-hybridized carbons (Fsp3) is 0.353. The van der Waals surface area contributed by atoms with Crippen molar-refractivity contribution >= 4 is 17.9 Å². The van der Waals surface area contributed by atoms with E-state index in [1.54, 1.807) is 36.8 Å². The average Bonchev–Trinajstić information content (AvgIpc) is 3.31. The maximum atomic E-state index is 12.3. The van der Waals surface area contributed by atoms with E-state index >= 15 is 0 Å². The van der Waals surface area contributed by atoms with Crippen LogP contribution in [0, 0.1) is 5.92 Å². The maximum Gasteiger partial charge on any atom is 0.286 e. The van der Waals surface area contributed by atoms with E-state index in [0.717, 1.165) is 25.1 Å². The van der Waals surface area contributed by atoms with E-state index in [4.69, 9.17) is 4.42 Å². The third-order valence-corrected chi connectivity index (χ3v) is 4.05. The molecule has 0 aromatic carbocycles. The van der Waals surface area contributed by atoms with Crippen LogP contribution in [0.25, 0.3) is 6.08 Å². The first kappa shape index (κ1) is 16.0. The van der Waals surface area contributed by atoms with Gasteiger partial charge in [0.25, 0.3) is 5.91 Å². The molecule has 2 aromatic rings. The molecule has 0 bridgehead atoms. The minimum atomic E-state index is -0.220. The Bertz CT molecular complexity index is 692. The largest absolute Gasteiger partial charge is 0.459 e. The lowest BCUT2D eigenvalue weighted by molar-refractivity contribution is -0.127. The van der Waals surface area contributed by atoms with Crippen molar-refractivity contribution in [3.63, 3.8) is 0 Å². The van der Waals surface area contributed by atoms with Crippen LogP contribution >= 0.6 is 0 Å². The highest BCUT2D eigenvalue weighted by Crippen LogP contribution is 2.16. The summed E-state index contributed by atoms with van der Waals surface area (Å²) in [5, 5.41) is 2.87. The van der Waals surface area contributed by atoms with Gasteiger partial charge in [0.15, 0.2) is 5.76 Å². The summed E-state index contributed by atoms with van der Waals surface area (Å²) in [6, 6.07) is 3.31. The lowest BCUT2D eigenvalue weighted by Crippen LogP contribution is -2.43. The van der Waals surface area contributed by atoms with E-state index in [-0.39, 0.29) is 17.7 Å². The Kier molecular flexibility index (Phi) is 5.10. The van der Waals surface area contributed by atoms with Crippen LogP contribution in [-0.2, 0) is 4.79 Å². The Labute approximate surface area is 139 Å². The molecule has 1 unspecified atom stereocenters. The average molecular weight is 328 g/mol. The van der Waals surface area contributed by atoms with Crippen molar-refractivity contribution in [1.29, 1.82) is 0 Å². The summed E-state index contributed by atoms with van der Waals surface area (Å²) in [4.78, 5) is 32.8. The highest BCUT2D eigenvalue weighted by atomic mass is 16.3. The molecule has 0 radical (unpaired) electrons. The minimum absolute atomic E-state index is 0.0216. The molecule has 2 amide bonds. The highest BCUT2D eigenvalue weighted by molar-refractivity contribution is 5.92. The highest BCUT2D eigenvalue weighted by Gasteiger charge is 2.23. The summed E-state index contributed by atoms with van der Waals surface area (Å²) in [5.41, 5.74) is 0.794. The zero-order valence-corrected chi connectivity index (χ0v) is 13.3. The molecule has 126 valence electrons. The van der Waals surface area contributed by atoms with Crippen molar-refractivity contribution in [2.75, 3.05) is 19.6 Å². The van der Waals surface area contributed by atoms with E-state index in [1.807, 2.05) is 4.90 Å². The SMILES string of the molecule is O=C(NCC1CCCN(C(=O)/C=C/c2cnc[nH]2)C1)c1ccco1. The molecule has 0 saturated carbocycles. The van der Waals surface area contributed by atoms with Gasteiger partial charge in [-0.25, -0.2) is 4.98 Å². The number of H-pyrrole nitrogens is 1. The van der Waals surface area contributed by atoms with Crippen molar-refractivity contribution in [3.05, 3.63) is 48.5 Å². The summed E-state index contributed by atoms with van der Waals surface area (Å²) in [6.45, 7) is 1.92. The van der Waals surface area contributed by atoms with Crippen LogP contribution in [-0.4, -0.2) is 46.3 Å². The van der Waals surface area contributed by atoms with Crippen molar-refractivity contribution in [2.45, 2.75) is 12.8 Å². The molecule has 1 aliphatic rings. The fourth-order valence-corrected chi connectivity index (χ4v) is 2.79. The monoisotopic (exact) mass is 328 g/mol. The molecule has 3 heterocycles. The zero-order valence-electron chi connectivity index (χ0n) is 13.3. The Balaban J connectivity index is 1.48. The lowest BCUT2D eigenvalue weighted by atomic mass is 9.98. The number of aromatic amines is 1. The normalized spacial score (nSPS) is 18.0. The van der Waals surface area contributed by atoms with Crippen LogP contribution < -0.4 is 5.32 Å². The van der Waals surface area contributed by atoms with Crippen molar-refractivity contribution in [3.8, 4) is 0 Å². The number of imidazole rings is 1. The summed E-state index contributed by atoms with van der Waals surface area (Å²) >= 11 is 0. The third kappa shape index (κ3) is 4.13. The van der Waals surface area contributed by atoms with Gasteiger partial charge < -0.3 is 19.6 Å². The van der Waals surface area contributed by atoms with E-state index in [9.17, 15) is 9.59 Å². The Morgan fingerprint density at radius 2 is 2.42 bits per heavy atom. The number of piperidine rings is 1. The number of rotatable bonds is 5. The molecule has 0 spiro atoms. The second-order valence-corrected chi connectivity index (χ2v) is 5.82.